The van der Waals surface area contributed by atoms with E-state index in [0.29, 0.717) is 30.2 Å². The lowest BCUT2D eigenvalue weighted by Gasteiger charge is -2.26. The molecule has 0 radical (unpaired) electrons. The lowest BCUT2D eigenvalue weighted by Crippen LogP contribution is -2.35. The molecule has 0 spiro atoms. The van der Waals surface area contributed by atoms with Crippen LogP contribution in [0.15, 0.2) is 77.7 Å². The number of nitrogens with one attached hydrogen (secondary N) is 1. The van der Waals surface area contributed by atoms with Gasteiger partial charge in [-0.2, -0.15) is 0 Å². The fourth-order valence-corrected chi connectivity index (χ4v) is 4.62. The molecule has 1 aliphatic rings. The second-order valence-corrected chi connectivity index (χ2v) is 9.43. The van der Waals surface area contributed by atoms with Gasteiger partial charge < -0.3 is 19.4 Å². The Morgan fingerprint density at radius 2 is 1.70 bits per heavy atom. The van der Waals surface area contributed by atoms with Crippen molar-refractivity contribution in [1.29, 1.82) is 0 Å². The van der Waals surface area contributed by atoms with E-state index in [4.69, 9.17) is 21.1 Å². The maximum Gasteiger partial charge on any atom is 0.257 e. The predicted molar refractivity (Wildman–Crippen MR) is 145 cm³/mol. The molecule has 5 rings (SSSR count). The Kier molecular flexibility index (Phi) is 7.55. The molecule has 0 aliphatic carbocycles. The van der Waals surface area contributed by atoms with Crippen molar-refractivity contribution in [1.82, 2.24) is 14.8 Å². The van der Waals surface area contributed by atoms with E-state index < -0.39 is 5.91 Å². The van der Waals surface area contributed by atoms with Crippen LogP contribution < -0.4 is 15.5 Å². The zero-order valence-electron chi connectivity index (χ0n) is 20.6. The van der Waals surface area contributed by atoms with Gasteiger partial charge in [0.2, 0.25) is 5.43 Å². The summed E-state index contributed by atoms with van der Waals surface area (Å²) in [6, 6.07) is 20.6. The normalized spacial score (nSPS) is 14.0. The Bertz CT molecular complexity index is 1460. The second-order valence-electron chi connectivity index (χ2n) is 8.99. The topological polar surface area (TPSA) is 72.8 Å². The number of amides is 1. The Hall–Kier alpha value is -3.65. The van der Waals surface area contributed by atoms with Gasteiger partial charge >= 0.3 is 0 Å². The van der Waals surface area contributed by atoms with Crippen molar-refractivity contribution < 1.29 is 14.3 Å². The molecule has 0 unspecified atom stereocenters. The molecule has 1 amide bonds. The van der Waals surface area contributed by atoms with Gasteiger partial charge in [0.05, 0.1) is 25.8 Å². The van der Waals surface area contributed by atoms with Crippen LogP contribution in [0.3, 0.4) is 0 Å². The second kappa shape index (κ2) is 11.2. The molecule has 2 heterocycles. The third kappa shape index (κ3) is 5.69. The minimum Gasteiger partial charge on any atom is -0.497 e. The number of methoxy groups -OCH3 is 1. The smallest absolute Gasteiger partial charge is 0.257 e. The maximum atomic E-state index is 13.6. The molecule has 1 aliphatic heterocycles. The number of fused-ring (bicyclic) bond motifs is 1. The summed E-state index contributed by atoms with van der Waals surface area (Å²) in [5.41, 5.74) is 3.25. The zero-order chi connectivity index (χ0) is 25.8. The SMILES string of the molecule is COc1ccc(-n2cc(C(=O)NCc3ccc(Cl)cc3)c(=O)c3cc(CN4CCOCC4)ccc32)cc1. The highest BCUT2D eigenvalue weighted by Gasteiger charge is 2.18. The predicted octanol–water partition coefficient (Wildman–Crippen LogP) is 4.41. The van der Waals surface area contributed by atoms with Crippen molar-refractivity contribution in [2.45, 2.75) is 13.1 Å². The van der Waals surface area contributed by atoms with Crippen molar-refractivity contribution in [2.24, 2.45) is 0 Å². The van der Waals surface area contributed by atoms with Gasteiger partial charge in [0, 0.05) is 48.5 Å². The van der Waals surface area contributed by atoms with Crippen LogP contribution in [0.25, 0.3) is 16.6 Å². The largest absolute Gasteiger partial charge is 0.497 e. The van der Waals surface area contributed by atoms with Gasteiger partial charge in [0.15, 0.2) is 0 Å². The number of pyridine rings is 1. The molecule has 1 aromatic heterocycles. The zero-order valence-corrected chi connectivity index (χ0v) is 21.3. The average Bonchev–Trinajstić information content (AvgIpc) is 2.94. The highest BCUT2D eigenvalue weighted by atomic mass is 35.5. The average molecular weight is 518 g/mol. The van der Waals surface area contributed by atoms with Crippen LogP contribution in [0.5, 0.6) is 5.75 Å². The summed E-state index contributed by atoms with van der Waals surface area (Å²) in [6.07, 6.45) is 1.62. The number of hydrogen-bond donors (Lipinski definition) is 1. The van der Waals surface area contributed by atoms with Crippen molar-refractivity contribution in [2.75, 3.05) is 33.4 Å². The van der Waals surface area contributed by atoms with Crippen LogP contribution in [-0.2, 0) is 17.8 Å². The third-order valence-electron chi connectivity index (χ3n) is 6.54. The lowest BCUT2D eigenvalue weighted by molar-refractivity contribution is 0.0342. The van der Waals surface area contributed by atoms with E-state index in [1.165, 1.54) is 0 Å². The van der Waals surface area contributed by atoms with Gasteiger partial charge in [-0.25, -0.2) is 0 Å². The van der Waals surface area contributed by atoms with E-state index >= 15 is 0 Å². The first-order chi connectivity index (χ1) is 18.0. The van der Waals surface area contributed by atoms with Gasteiger partial charge in [-0.1, -0.05) is 29.8 Å². The third-order valence-corrected chi connectivity index (χ3v) is 6.79. The monoisotopic (exact) mass is 517 g/mol. The number of carbonyl (C=O) groups excluding carboxylic acids is 1. The van der Waals surface area contributed by atoms with Gasteiger partial charge in [-0.05, 0) is 59.7 Å². The van der Waals surface area contributed by atoms with E-state index in [0.717, 1.165) is 41.2 Å². The standard InChI is InChI=1S/C29H28ClN3O4/c1-36-24-9-7-23(8-10-24)33-19-26(29(35)31-17-20-2-5-22(30)6-3-20)28(34)25-16-21(4-11-27(25)33)18-32-12-14-37-15-13-32/h2-11,16,19H,12-15,17-18H2,1H3,(H,31,35). The molecule has 3 aromatic carbocycles. The molecule has 4 aromatic rings. The van der Waals surface area contributed by atoms with E-state index in [9.17, 15) is 9.59 Å². The molecule has 1 fully saturated rings. The summed E-state index contributed by atoms with van der Waals surface area (Å²) in [5, 5.41) is 4.01. The Balaban J connectivity index is 1.54. The number of benzene rings is 3. The molecule has 0 saturated carbocycles. The highest BCUT2D eigenvalue weighted by Crippen LogP contribution is 2.22. The number of halogens is 1. The molecule has 7 nitrogen and oxygen atoms in total. The highest BCUT2D eigenvalue weighted by molar-refractivity contribution is 6.30. The first kappa shape index (κ1) is 25.0. The van der Waals surface area contributed by atoms with Crippen LogP contribution in [0.1, 0.15) is 21.5 Å². The number of ether oxygens (including phenoxy) is 2. The van der Waals surface area contributed by atoms with E-state index in [-0.39, 0.29) is 17.5 Å². The molecule has 190 valence electrons. The summed E-state index contributed by atoms with van der Waals surface area (Å²) in [5.74, 6) is 0.297. The van der Waals surface area contributed by atoms with Crippen LogP contribution in [0.2, 0.25) is 5.02 Å². The molecule has 1 N–H and O–H groups in total. The van der Waals surface area contributed by atoms with E-state index in [1.807, 2.05) is 59.2 Å². The lowest BCUT2D eigenvalue weighted by atomic mass is 10.1. The van der Waals surface area contributed by atoms with Crippen molar-refractivity contribution >= 4 is 28.4 Å². The summed E-state index contributed by atoms with van der Waals surface area (Å²) >= 11 is 5.97. The minimum atomic E-state index is -0.428. The molecule has 37 heavy (non-hydrogen) atoms. The number of carbonyl (C=O) groups is 1. The van der Waals surface area contributed by atoms with Gasteiger partial charge in [-0.15, -0.1) is 0 Å². The summed E-state index contributed by atoms with van der Waals surface area (Å²) in [6.45, 7) is 4.11. The minimum absolute atomic E-state index is 0.0841. The van der Waals surface area contributed by atoms with Crippen LogP contribution in [-0.4, -0.2) is 48.8 Å². The van der Waals surface area contributed by atoms with Crippen LogP contribution >= 0.6 is 11.6 Å². The van der Waals surface area contributed by atoms with Gasteiger partial charge in [0.25, 0.3) is 5.91 Å². The molecule has 1 saturated heterocycles. The van der Waals surface area contributed by atoms with E-state index in [2.05, 4.69) is 10.2 Å². The summed E-state index contributed by atoms with van der Waals surface area (Å²) in [7, 11) is 1.61. The number of morpholine rings is 1. The number of nitrogens with zero attached hydrogens (tertiary/aromatic N) is 2. The summed E-state index contributed by atoms with van der Waals surface area (Å²) in [4.78, 5) is 29.2. The maximum absolute atomic E-state index is 13.6. The van der Waals surface area contributed by atoms with E-state index in [1.54, 1.807) is 25.4 Å². The fraction of sp³-hybridized carbons (Fsp3) is 0.241. The number of hydrogen-bond acceptors (Lipinski definition) is 5. The Morgan fingerprint density at radius 1 is 1.00 bits per heavy atom. The van der Waals surface area contributed by atoms with Crippen molar-refractivity contribution in [3.63, 3.8) is 0 Å². The molecular weight excluding hydrogens is 490 g/mol. The summed E-state index contributed by atoms with van der Waals surface area (Å²) < 4.78 is 12.6. The molecule has 0 bridgehead atoms. The molecule has 8 heteroatoms. The number of rotatable bonds is 7. The quantitative estimate of drug-likeness (QED) is 0.393. The van der Waals surface area contributed by atoms with Crippen LogP contribution in [0.4, 0.5) is 0 Å². The van der Waals surface area contributed by atoms with Crippen LogP contribution in [0, 0.1) is 0 Å². The first-order valence-corrected chi connectivity index (χ1v) is 12.5. The van der Waals surface area contributed by atoms with Crippen molar-refractivity contribution in [3.05, 3.63) is 105 Å². The van der Waals surface area contributed by atoms with Gasteiger partial charge in [-0.3, -0.25) is 14.5 Å². The van der Waals surface area contributed by atoms with Gasteiger partial charge in [0.1, 0.15) is 11.3 Å². The number of aromatic nitrogens is 1. The Morgan fingerprint density at radius 3 is 2.41 bits per heavy atom. The van der Waals surface area contributed by atoms with Crippen molar-refractivity contribution in [3.8, 4) is 11.4 Å². The fourth-order valence-electron chi connectivity index (χ4n) is 4.49. The first-order valence-electron chi connectivity index (χ1n) is 12.2. The molecular formula is C29H28ClN3O4. The Labute approximate surface area is 220 Å². The molecule has 0 atom stereocenters.